The van der Waals surface area contributed by atoms with Crippen LogP contribution in [-0.2, 0) is 14.3 Å². The molecule has 0 aromatic rings. The molecule has 0 aliphatic heterocycles. The molecule has 0 bridgehead atoms. The maximum atomic E-state index is 11.9. The van der Waals surface area contributed by atoms with Crippen molar-refractivity contribution in [1.29, 1.82) is 0 Å². The van der Waals surface area contributed by atoms with Crippen molar-refractivity contribution in [2.24, 2.45) is 17.3 Å². The molecule has 1 fully saturated rings. The van der Waals surface area contributed by atoms with Crippen LogP contribution in [0.15, 0.2) is 24.0 Å². The van der Waals surface area contributed by atoms with Crippen LogP contribution in [0.5, 0.6) is 0 Å². The van der Waals surface area contributed by atoms with E-state index in [2.05, 4.69) is 20.8 Å². The van der Waals surface area contributed by atoms with Crippen LogP contribution in [0.3, 0.4) is 0 Å². The molecule has 0 spiro atoms. The van der Waals surface area contributed by atoms with Gasteiger partial charge in [-0.1, -0.05) is 45.8 Å². The van der Waals surface area contributed by atoms with Crippen LogP contribution in [0, 0.1) is 17.3 Å². The van der Waals surface area contributed by atoms with Gasteiger partial charge in [0.25, 0.3) is 0 Å². The minimum Gasteiger partial charge on any atom is -0.510 e. The minimum absolute atomic E-state index is 0.0951. The second-order valence-electron chi connectivity index (χ2n) is 9.02. The summed E-state index contributed by atoms with van der Waals surface area (Å²) in [4.78, 5) is 23.4. The maximum Gasteiger partial charge on any atom is 0.307 e. The van der Waals surface area contributed by atoms with Crippen LogP contribution < -0.4 is 0 Å². The number of ketones is 1. The van der Waals surface area contributed by atoms with Gasteiger partial charge in [0.2, 0.25) is 0 Å². The van der Waals surface area contributed by atoms with E-state index in [0.29, 0.717) is 32.1 Å². The molecule has 5 nitrogen and oxygen atoms in total. The summed E-state index contributed by atoms with van der Waals surface area (Å²) in [5, 5.41) is 19.8. The highest BCUT2D eigenvalue weighted by molar-refractivity contribution is 5.87. The number of methoxy groups -OCH3 is 1. The predicted molar refractivity (Wildman–Crippen MR) is 116 cm³/mol. The fourth-order valence-electron chi connectivity index (χ4n) is 3.99. The number of carbonyl (C=O) groups is 2. The van der Waals surface area contributed by atoms with E-state index in [1.807, 2.05) is 18.2 Å². The number of hydrogen-bond acceptors (Lipinski definition) is 4. The normalized spacial score (nSPS) is 20.3. The molecule has 166 valence electrons. The van der Waals surface area contributed by atoms with Gasteiger partial charge in [-0.05, 0) is 56.4 Å². The highest BCUT2D eigenvalue weighted by Gasteiger charge is 2.35. The number of unbranched alkanes of at least 4 members (excludes halogenated alkanes) is 1. The van der Waals surface area contributed by atoms with E-state index in [1.54, 1.807) is 7.11 Å². The smallest absolute Gasteiger partial charge is 0.307 e. The largest absolute Gasteiger partial charge is 0.510 e. The van der Waals surface area contributed by atoms with E-state index in [1.165, 1.54) is 12.8 Å². The molecule has 1 rings (SSSR count). The summed E-state index contributed by atoms with van der Waals surface area (Å²) in [5.41, 5.74) is 0.154. The summed E-state index contributed by atoms with van der Waals surface area (Å²) in [5.74, 6) is -1.44. The van der Waals surface area contributed by atoms with Crippen molar-refractivity contribution in [3.05, 3.63) is 24.0 Å². The van der Waals surface area contributed by atoms with Gasteiger partial charge in [-0.25, -0.2) is 0 Å². The van der Waals surface area contributed by atoms with Crippen molar-refractivity contribution in [2.45, 2.75) is 91.1 Å². The van der Waals surface area contributed by atoms with Gasteiger partial charge in [0.05, 0.1) is 5.92 Å². The molecule has 0 saturated heterocycles. The van der Waals surface area contributed by atoms with Crippen molar-refractivity contribution < 1.29 is 24.5 Å². The summed E-state index contributed by atoms with van der Waals surface area (Å²) in [7, 11) is 1.58. The van der Waals surface area contributed by atoms with E-state index >= 15 is 0 Å². The summed E-state index contributed by atoms with van der Waals surface area (Å²) >= 11 is 0. The van der Waals surface area contributed by atoms with Gasteiger partial charge in [-0.3, -0.25) is 9.59 Å². The highest BCUT2D eigenvalue weighted by atomic mass is 16.5. The molecule has 0 radical (unpaired) electrons. The molecule has 29 heavy (non-hydrogen) atoms. The van der Waals surface area contributed by atoms with Crippen LogP contribution in [0.4, 0.5) is 0 Å². The van der Waals surface area contributed by atoms with E-state index in [0.717, 1.165) is 19.3 Å². The Morgan fingerprint density at radius 3 is 2.59 bits per heavy atom. The Morgan fingerprint density at radius 2 is 2.03 bits per heavy atom. The summed E-state index contributed by atoms with van der Waals surface area (Å²) < 4.78 is 5.41. The number of carboxylic acids is 1. The van der Waals surface area contributed by atoms with Crippen LogP contribution in [0.25, 0.3) is 0 Å². The van der Waals surface area contributed by atoms with Crippen molar-refractivity contribution in [2.75, 3.05) is 7.11 Å². The summed E-state index contributed by atoms with van der Waals surface area (Å²) in [6.45, 7) is 6.60. The van der Waals surface area contributed by atoms with E-state index in [9.17, 15) is 19.8 Å². The third-order valence-electron chi connectivity index (χ3n) is 6.00. The molecule has 1 unspecified atom stereocenters. The molecule has 1 saturated carbocycles. The molecular formula is C24H40O5. The molecule has 0 heterocycles. The Hall–Kier alpha value is -1.62. The first-order valence-electron chi connectivity index (χ1n) is 11.0. The minimum atomic E-state index is -0.875. The Bertz CT molecular complexity index is 576. The predicted octanol–water partition coefficient (Wildman–Crippen LogP) is 5.85. The molecule has 3 atom stereocenters. The molecule has 0 amide bonds. The van der Waals surface area contributed by atoms with Crippen molar-refractivity contribution in [3.63, 3.8) is 0 Å². The van der Waals surface area contributed by atoms with Crippen LogP contribution in [0.2, 0.25) is 0 Å². The van der Waals surface area contributed by atoms with Gasteiger partial charge >= 0.3 is 5.97 Å². The number of rotatable bonds is 14. The third kappa shape index (κ3) is 9.16. The average Bonchev–Trinajstić information content (AvgIpc) is 3.09. The third-order valence-corrected chi connectivity index (χ3v) is 6.00. The molecule has 5 heteroatoms. The Balaban J connectivity index is 2.49. The number of hydrogen-bond donors (Lipinski definition) is 2. The maximum absolute atomic E-state index is 11.9. The number of ether oxygens (including phenoxy) is 1. The average molecular weight is 409 g/mol. The topological polar surface area (TPSA) is 83.8 Å². The number of carbonyl (C=O) groups excluding carboxylic acids is 1. The molecule has 0 aromatic heterocycles. The SMILES string of the molecule is CCCCC(C)(C)C/C=C(/O)C(C/C=C\CC[C@H](C(=O)O)[C@H]1CCCC1=O)OC. The van der Waals surface area contributed by atoms with E-state index < -0.39 is 11.9 Å². The summed E-state index contributed by atoms with van der Waals surface area (Å²) in [6.07, 6.45) is 13.2. The zero-order valence-corrected chi connectivity index (χ0v) is 18.7. The number of aliphatic hydroxyl groups is 1. The van der Waals surface area contributed by atoms with Gasteiger partial charge in [0.1, 0.15) is 17.6 Å². The fourth-order valence-corrected chi connectivity index (χ4v) is 3.99. The number of allylic oxidation sites excluding steroid dienone is 2. The highest BCUT2D eigenvalue weighted by Crippen LogP contribution is 2.31. The Labute approximate surface area is 176 Å². The van der Waals surface area contributed by atoms with Crippen molar-refractivity contribution >= 4 is 11.8 Å². The molecule has 1 aliphatic rings. The second kappa shape index (κ2) is 12.8. The van der Waals surface area contributed by atoms with Gasteiger partial charge in [0.15, 0.2) is 0 Å². The lowest BCUT2D eigenvalue weighted by atomic mass is 9.83. The lowest BCUT2D eigenvalue weighted by Gasteiger charge is -2.23. The lowest BCUT2D eigenvalue weighted by Crippen LogP contribution is -2.26. The van der Waals surface area contributed by atoms with Crippen molar-refractivity contribution in [1.82, 2.24) is 0 Å². The van der Waals surface area contributed by atoms with Crippen LogP contribution in [-0.4, -0.2) is 35.2 Å². The first kappa shape index (κ1) is 25.4. The number of aliphatic hydroxyl groups excluding tert-OH is 1. The van der Waals surface area contributed by atoms with Crippen molar-refractivity contribution in [3.8, 4) is 0 Å². The zero-order valence-electron chi connectivity index (χ0n) is 18.7. The van der Waals surface area contributed by atoms with E-state index in [-0.39, 0.29) is 29.0 Å². The Kier molecular flexibility index (Phi) is 11.3. The van der Waals surface area contributed by atoms with Gasteiger partial charge in [-0.2, -0.15) is 0 Å². The zero-order chi connectivity index (χ0) is 21.9. The quantitative estimate of drug-likeness (QED) is 0.278. The molecular weight excluding hydrogens is 368 g/mol. The van der Waals surface area contributed by atoms with Crippen LogP contribution in [0.1, 0.15) is 85.0 Å². The summed E-state index contributed by atoms with van der Waals surface area (Å²) in [6, 6.07) is 0. The lowest BCUT2D eigenvalue weighted by molar-refractivity contribution is -0.146. The first-order chi connectivity index (χ1) is 13.7. The Morgan fingerprint density at radius 1 is 1.31 bits per heavy atom. The van der Waals surface area contributed by atoms with Crippen LogP contribution >= 0.6 is 0 Å². The fraction of sp³-hybridized carbons (Fsp3) is 0.750. The standard InChI is InChI=1S/C24H40O5/c1-5-6-16-24(2,3)17-15-21(26)22(29-4)14-9-7-8-11-19(23(27)28)18-12-10-13-20(18)25/h7,9,15,18-19,22,26H,5-6,8,10-14,16-17H2,1-4H3,(H,27,28)/b9-7-,21-15+/t18-,19+,22?/m1/s1. The van der Waals surface area contributed by atoms with Gasteiger partial charge < -0.3 is 14.9 Å². The second-order valence-corrected chi connectivity index (χ2v) is 9.02. The van der Waals surface area contributed by atoms with Gasteiger partial charge in [0, 0.05) is 19.4 Å². The molecule has 2 N–H and O–H groups in total. The van der Waals surface area contributed by atoms with Gasteiger partial charge in [-0.15, -0.1) is 0 Å². The number of carboxylic acid groups (broad SMARTS) is 1. The molecule has 1 aliphatic carbocycles. The number of aliphatic carboxylic acids is 1. The monoisotopic (exact) mass is 408 g/mol. The van der Waals surface area contributed by atoms with E-state index in [4.69, 9.17) is 4.74 Å². The number of Topliss-reactive ketones (excluding diaryl/α,β-unsaturated/α-hetero) is 1. The molecule has 0 aromatic carbocycles. The first-order valence-corrected chi connectivity index (χ1v) is 11.0.